The van der Waals surface area contributed by atoms with Gasteiger partial charge >= 0.3 is 0 Å². The molecule has 0 aliphatic rings. The summed E-state index contributed by atoms with van der Waals surface area (Å²) in [6.07, 6.45) is 4.40. The lowest BCUT2D eigenvalue weighted by molar-refractivity contribution is -0.118. The Bertz CT molecular complexity index is 831. The number of aromatic nitrogens is 1. The van der Waals surface area contributed by atoms with Gasteiger partial charge in [0.15, 0.2) is 6.61 Å². The molecule has 0 bridgehead atoms. The van der Waals surface area contributed by atoms with Crippen molar-refractivity contribution < 1.29 is 14.3 Å². The van der Waals surface area contributed by atoms with Crippen molar-refractivity contribution in [3.8, 4) is 11.5 Å². The van der Waals surface area contributed by atoms with Gasteiger partial charge in [-0.2, -0.15) is 0 Å². The second-order valence-electron chi connectivity index (χ2n) is 5.74. The molecule has 3 rings (SSSR count). The van der Waals surface area contributed by atoms with Gasteiger partial charge in [0.05, 0.1) is 7.11 Å². The molecule has 1 aromatic heterocycles. The number of hydrogen-bond acceptors (Lipinski definition) is 4. The highest BCUT2D eigenvalue weighted by molar-refractivity contribution is 5.91. The van der Waals surface area contributed by atoms with Crippen LogP contribution in [-0.4, -0.2) is 24.6 Å². The molecule has 5 heteroatoms. The number of carbonyl (C=O) groups excluding carboxylic acids is 1. The third-order valence-corrected chi connectivity index (χ3v) is 3.82. The van der Waals surface area contributed by atoms with Crippen molar-refractivity contribution in [3.05, 3.63) is 84.2 Å². The van der Waals surface area contributed by atoms with Gasteiger partial charge in [-0.3, -0.25) is 9.78 Å². The van der Waals surface area contributed by atoms with Gasteiger partial charge < -0.3 is 14.8 Å². The predicted octanol–water partition coefficient (Wildman–Crippen LogP) is 3.70. The van der Waals surface area contributed by atoms with Crippen LogP contribution in [0.25, 0.3) is 0 Å². The summed E-state index contributed by atoms with van der Waals surface area (Å²) in [5.74, 6) is 1.16. The molecule has 2 aromatic carbocycles. The normalized spacial score (nSPS) is 10.2. The molecular formula is C21H20N2O3. The van der Waals surface area contributed by atoms with Gasteiger partial charge in [0.25, 0.3) is 5.91 Å². The first-order chi connectivity index (χ1) is 12.7. The Labute approximate surface area is 152 Å². The maximum atomic E-state index is 12.0. The van der Waals surface area contributed by atoms with Crippen molar-refractivity contribution in [3.63, 3.8) is 0 Å². The number of ether oxygens (including phenoxy) is 2. The summed E-state index contributed by atoms with van der Waals surface area (Å²) in [5.41, 5.74) is 3.11. The summed E-state index contributed by atoms with van der Waals surface area (Å²) >= 11 is 0. The summed E-state index contributed by atoms with van der Waals surface area (Å²) in [5, 5.41) is 2.83. The number of nitrogens with one attached hydrogen (secondary N) is 1. The zero-order valence-electron chi connectivity index (χ0n) is 14.5. The van der Waals surface area contributed by atoms with E-state index in [0.29, 0.717) is 5.75 Å². The summed E-state index contributed by atoms with van der Waals surface area (Å²) in [7, 11) is 1.60. The lowest BCUT2D eigenvalue weighted by Gasteiger charge is -2.09. The highest BCUT2D eigenvalue weighted by Crippen LogP contribution is 2.17. The summed E-state index contributed by atoms with van der Waals surface area (Å²) in [4.78, 5) is 16.0. The number of benzene rings is 2. The molecule has 0 aliphatic carbocycles. The summed E-state index contributed by atoms with van der Waals surface area (Å²) < 4.78 is 10.6. The van der Waals surface area contributed by atoms with Crippen molar-refractivity contribution in [2.45, 2.75) is 6.42 Å². The highest BCUT2D eigenvalue weighted by Gasteiger charge is 2.04. The van der Waals surface area contributed by atoms with Gasteiger partial charge in [0.1, 0.15) is 11.5 Å². The molecule has 0 atom stereocenters. The van der Waals surface area contributed by atoms with E-state index in [2.05, 4.69) is 10.3 Å². The minimum absolute atomic E-state index is 0.0505. The fraction of sp³-hybridized carbons (Fsp3) is 0.143. The Kier molecular flexibility index (Phi) is 5.83. The van der Waals surface area contributed by atoms with Gasteiger partial charge in [0.2, 0.25) is 0 Å². The van der Waals surface area contributed by atoms with Crippen LogP contribution >= 0.6 is 0 Å². The van der Waals surface area contributed by atoms with Crippen molar-refractivity contribution in [2.24, 2.45) is 0 Å². The molecule has 1 amide bonds. The SMILES string of the molecule is COc1ccc(OCC(=O)Nc2ccc(Cc3ccncc3)cc2)cc1. The Morgan fingerprint density at radius 2 is 1.50 bits per heavy atom. The summed E-state index contributed by atoms with van der Waals surface area (Å²) in [6.45, 7) is -0.0505. The smallest absolute Gasteiger partial charge is 0.262 e. The van der Waals surface area contributed by atoms with Crippen molar-refractivity contribution in [1.29, 1.82) is 0 Å². The zero-order chi connectivity index (χ0) is 18.2. The molecule has 0 unspecified atom stereocenters. The molecule has 1 N–H and O–H groups in total. The summed E-state index contributed by atoms with van der Waals surface area (Å²) in [6, 6.07) is 18.9. The number of nitrogens with zero attached hydrogens (tertiary/aromatic N) is 1. The van der Waals surface area contributed by atoms with Crippen LogP contribution in [0.5, 0.6) is 11.5 Å². The Hall–Kier alpha value is -3.34. The van der Waals surface area contributed by atoms with Crippen molar-refractivity contribution in [2.75, 3.05) is 19.0 Å². The molecular weight excluding hydrogens is 328 g/mol. The number of carbonyl (C=O) groups is 1. The molecule has 5 nitrogen and oxygen atoms in total. The molecule has 0 fully saturated rings. The van der Waals surface area contributed by atoms with E-state index in [1.165, 1.54) is 11.1 Å². The molecule has 1 heterocycles. The number of methoxy groups -OCH3 is 1. The van der Waals surface area contributed by atoms with E-state index in [1.54, 1.807) is 43.8 Å². The first-order valence-electron chi connectivity index (χ1n) is 8.27. The minimum atomic E-state index is -0.206. The van der Waals surface area contributed by atoms with Crippen LogP contribution in [0.3, 0.4) is 0 Å². The van der Waals surface area contributed by atoms with Gasteiger partial charge in [-0.25, -0.2) is 0 Å². The van der Waals surface area contributed by atoms with Crippen LogP contribution < -0.4 is 14.8 Å². The highest BCUT2D eigenvalue weighted by atomic mass is 16.5. The van der Waals surface area contributed by atoms with Crippen LogP contribution in [-0.2, 0) is 11.2 Å². The number of amides is 1. The van der Waals surface area contributed by atoms with Crippen LogP contribution in [0.1, 0.15) is 11.1 Å². The molecule has 0 saturated heterocycles. The molecule has 26 heavy (non-hydrogen) atoms. The van der Waals surface area contributed by atoms with E-state index in [1.807, 2.05) is 36.4 Å². The van der Waals surface area contributed by atoms with E-state index < -0.39 is 0 Å². The second kappa shape index (κ2) is 8.67. The predicted molar refractivity (Wildman–Crippen MR) is 101 cm³/mol. The quantitative estimate of drug-likeness (QED) is 0.707. The largest absolute Gasteiger partial charge is 0.497 e. The monoisotopic (exact) mass is 348 g/mol. The molecule has 0 saturated carbocycles. The van der Waals surface area contributed by atoms with E-state index in [4.69, 9.17) is 9.47 Å². The minimum Gasteiger partial charge on any atom is -0.497 e. The van der Waals surface area contributed by atoms with Crippen molar-refractivity contribution >= 4 is 11.6 Å². The van der Waals surface area contributed by atoms with Crippen LogP contribution in [0, 0.1) is 0 Å². The third kappa shape index (κ3) is 5.08. The number of hydrogen-bond donors (Lipinski definition) is 1. The van der Waals surface area contributed by atoms with Crippen molar-refractivity contribution in [1.82, 2.24) is 4.98 Å². The molecule has 0 spiro atoms. The topological polar surface area (TPSA) is 60.5 Å². The van der Waals surface area contributed by atoms with E-state index >= 15 is 0 Å². The standard InChI is InChI=1S/C21H20N2O3/c1-25-19-6-8-20(9-7-19)26-15-21(24)23-18-4-2-16(3-5-18)14-17-10-12-22-13-11-17/h2-13H,14-15H2,1H3,(H,23,24). The lowest BCUT2D eigenvalue weighted by atomic mass is 10.1. The fourth-order valence-corrected chi connectivity index (χ4v) is 2.46. The average molecular weight is 348 g/mol. The second-order valence-corrected chi connectivity index (χ2v) is 5.74. The van der Waals surface area contributed by atoms with Gasteiger partial charge in [0, 0.05) is 18.1 Å². The van der Waals surface area contributed by atoms with Crippen LogP contribution in [0.15, 0.2) is 73.1 Å². The molecule has 0 radical (unpaired) electrons. The molecule has 3 aromatic rings. The first kappa shape index (κ1) is 17.5. The maximum absolute atomic E-state index is 12.0. The number of pyridine rings is 1. The Morgan fingerprint density at radius 1 is 0.885 bits per heavy atom. The molecule has 0 aliphatic heterocycles. The van der Waals surface area contributed by atoms with Gasteiger partial charge in [-0.05, 0) is 66.1 Å². The Morgan fingerprint density at radius 3 is 2.15 bits per heavy atom. The van der Waals surface area contributed by atoms with E-state index in [-0.39, 0.29) is 12.5 Å². The third-order valence-electron chi connectivity index (χ3n) is 3.82. The Balaban J connectivity index is 1.49. The number of rotatable bonds is 7. The lowest BCUT2D eigenvalue weighted by Crippen LogP contribution is -2.20. The van der Waals surface area contributed by atoms with E-state index in [0.717, 1.165) is 17.9 Å². The average Bonchev–Trinajstić information content (AvgIpc) is 2.69. The first-order valence-corrected chi connectivity index (χ1v) is 8.27. The van der Waals surface area contributed by atoms with E-state index in [9.17, 15) is 4.79 Å². The maximum Gasteiger partial charge on any atom is 0.262 e. The zero-order valence-corrected chi connectivity index (χ0v) is 14.5. The number of anilines is 1. The molecule has 132 valence electrons. The van der Waals surface area contributed by atoms with Crippen LogP contribution in [0.4, 0.5) is 5.69 Å². The van der Waals surface area contributed by atoms with Crippen LogP contribution in [0.2, 0.25) is 0 Å². The van der Waals surface area contributed by atoms with Gasteiger partial charge in [-0.15, -0.1) is 0 Å². The van der Waals surface area contributed by atoms with Gasteiger partial charge in [-0.1, -0.05) is 12.1 Å². The fourth-order valence-electron chi connectivity index (χ4n) is 2.46.